The number of hydrogen-bond acceptors (Lipinski definition) is 3. The van der Waals surface area contributed by atoms with Gasteiger partial charge in [-0.05, 0) is 50.9 Å². The van der Waals surface area contributed by atoms with Crippen molar-refractivity contribution >= 4 is 0 Å². The Bertz CT molecular complexity index is 438. The number of aromatic nitrogens is 1. The Morgan fingerprint density at radius 1 is 1.15 bits per heavy atom. The minimum Gasteiger partial charge on any atom is -0.361 e. The molecule has 0 radical (unpaired) electrons. The number of nitrogens with zero attached hydrogens (tertiary/aromatic N) is 1. The summed E-state index contributed by atoms with van der Waals surface area (Å²) in [5, 5.41) is 7.89. The van der Waals surface area contributed by atoms with Gasteiger partial charge in [0.15, 0.2) is 0 Å². The zero-order valence-corrected chi connectivity index (χ0v) is 14.1. The molecule has 20 heavy (non-hydrogen) atoms. The molecule has 1 aromatic rings. The number of nitrogens with one attached hydrogen (secondary N) is 1. The lowest BCUT2D eigenvalue weighted by Gasteiger charge is -2.46. The van der Waals surface area contributed by atoms with E-state index in [4.69, 9.17) is 4.52 Å². The third-order valence-electron chi connectivity index (χ3n) is 4.56. The van der Waals surface area contributed by atoms with Gasteiger partial charge < -0.3 is 9.84 Å². The van der Waals surface area contributed by atoms with Crippen LogP contribution in [0.15, 0.2) is 4.52 Å². The van der Waals surface area contributed by atoms with Crippen LogP contribution in [0.1, 0.15) is 76.9 Å². The van der Waals surface area contributed by atoms with Crippen LogP contribution in [0.3, 0.4) is 0 Å². The summed E-state index contributed by atoms with van der Waals surface area (Å²) in [7, 11) is 0. The van der Waals surface area contributed by atoms with Gasteiger partial charge in [0, 0.05) is 17.6 Å². The van der Waals surface area contributed by atoms with Crippen LogP contribution in [0.5, 0.6) is 0 Å². The van der Waals surface area contributed by atoms with Gasteiger partial charge in [-0.3, -0.25) is 0 Å². The van der Waals surface area contributed by atoms with E-state index in [1.54, 1.807) is 0 Å². The van der Waals surface area contributed by atoms with Gasteiger partial charge in [0.25, 0.3) is 0 Å². The first-order valence-electron chi connectivity index (χ1n) is 7.78. The fraction of sp³-hybridized carbons (Fsp3) is 0.824. The first-order chi connectivity index (χ1) is 9.10. The van der Waals surface area contributed by atoms with Crippen LogP contribution in [0.25, 0.3) is 0 Å². The Morgan fingerprint density at radius 3 is 2.15 bits per heavy atom. The van der Waals surface area contributed by atoms with Crippen LogP contribution in [0, 0.1) is 24.7 Å². The molecule has 1 unspecified atom stereocenters. The molecule has 0 saturated heterocycles. The van der Waals surface area contributed by atoms with E-state index in [-0.39, 0.29) is 0 Å². The quantitative estimate of drug-likeness (QED) is 0.881. The predicted molar refractivity (Wildman–Crippen MR) is 82.7 cm³/mol. The molecule has 0 aliphatic heterocycles. The van der Waals surface area contributed by atoms with Gasteiger partial charge in [-0.2, -0.15) is 0 Å². The molecule has 3 heteroatoms. The second kappa shape index (κ2) is 5.18. The normalized spacial score (nSPS) is 23.8. The molecule has 1 aliphatic rings. The van der Waals surface area contributed by atoms with Crippen molar-refractivity contribution in [2.75, 3.05) is 0 Å². The van der Waals surface area contributed by atoms with Gasteiger partial charge in [-0.25, -0.2) is 0 Å². The van der Waals surface area contributed by atoms with Crippen molar-refractivity contribution in [3.8, 4) is 0 Å². The van der Waals surface area contributed by atoms with Crippen molar-refractivity contribution in [3.05, 3.63) is 17.0 Å². The van der Waals surface area contributed by atoms with Crippen LogP contribution in [0.2, 0.25) is 0 Å². The molecule has 1 N–H and O–H groups in total. The molecule has 0 amide bonds. The fourth-order valence-electron chi connectivity index (χ4n) is 4.51. The molecule has 1 saturated carbocycles. The first kappa shape index (κ1) is 15.6. The van der Waals surface area contributed by atoms with Crippen molar-refractivity contribution in [2.45, 2.75) is 79.8 Å². The molecule has 1 fully saturated rings. The van der Waals surface area contributed by atoms with Gasteiger partial charge >= 0.3 is 0 Å². The van der Waals surface area contributed by atoms with Gasteiger partial charge in [0.05, 0.1) is 5.69 Å². The Kier molecular flexibility index (Phi) is 4.03. The third kappa shape index (κ3) is 3.43. The van der Waals surface area contributed by atoms with E-state index >= 15 is 0 Å². The van der Waals surface area contributed by atoms with E-state index in [1.165, 1.54) is 24.8 Å². The number of rotatable bonds is 3. The molecule has 3 nitrogen and oxygen atoms in total. The van der Waals surface area contributed by atoms with Gasteiger partial charge in [-0.1, -0.05) is 32.9 Å². The second-order valence-corrected chi connectivity index (χ2v) is 8.24. The highest BCUT2D eigenvalue weighted by atomic mass is 16.5. The average Bonchev–Trinajstić information content (AvgIpc) is 2.53. The second-order valence-electron chi connectivity index (χ2n) is 8.24. The fourth-order valence-corrected chi connectivity index (χ4v) is 4.51. The Morgan fingerprint density at radius 2 is 1.70 bits per heavy atom. The van der Waals surface area contributed by atoms with E-state index in [0.29, 0.717) is 22.9 Å². The lowest BCUT2D eigenvalue weighted by atomic mass is 9.63. The highest BCUT2D eigenvalue weighted by Crippen LogP contribution is 2.46. The number of aryl methyl sites for hydroxylation is 2. The van der Waals surface area contributed by atoms with Gasteiger partial charge in [0.1, 0.15) is 5.76 Å². The summed E-state index contributed by atoms with van der Waals surface area (Å²) in [5.74, 6) is 0.942. The van der Waals surface area contributed by atoms with Crippen molar-refractivity contribution in [2.24, 2.45) is 10.8 Å². The summed E-state index contributed by atoms with van der Waals surface area (Å²) in [4.78, 5) is 0. The maximum absolute atomic E-state index is 5.30. The SMILES string of the molecule is Cc1noc(C)c1C(C)NC1CC(C)(C)CC(C)(C)C1. The van der Waals surface area contributed by atoms with E-state index in [0.717, 1.165) is 11.5 Å². The summed E-state index contributed by atoms with van der Waals surface area (Å²) in [6.45, 7) is 15.8. The summed E-state index contributed by atoms with van der Waals surface area (Å²) < 4.78 is 5.30. The molecule has 0 spiro atoms. The standard InChI is InChI=1S/C17H30N2O/c1-11(15-12(2)19-20-13(15)3)18-14-8-16(4,5)10-17(6,7)9-14/h11,14,18H,8-10H2,1-7H3. The van der Waals surface area contributed by atoms with Gasteiger partial charge in [0.2, 0.25) is 0 Å². The molecule has 0 aromatic carbocycles. The summed E-state index contributed by atoms with van der Waals surface area (Å²) >= 11 is 0. The van der Waals surface area contributed by atoms with Crippen LogP contribution in [-0.4, -0.2) is 11.2 Å². The lowest BCUT2D eigenvalue weighted by Crippen LogP contribution is -2.44. The van der Waals surface area contributed by atoms with Crippen molar-refractivity contribution in [1.82, 2.24) is 10.5 Å². The van der Waals surface area contributed by atoms with E-state index in [1.807, 2.05) is 13.8 Å². The summed E-state index contributed by atoms with van der Waals surface area (Å²) in [6, 6.07) is 0.869. The highest BCUT2D eigenvalue weighted by Gasteiger charge is 2.38. The van der Waals surface area contributed by atoms with Crippen LogP contribution < -0.4 is 5.32 Å². The monoisotopic (exact) mass is 278 g/mol. The average molecular weight is 278 g/mol. The summed E-state index contributed by atoms with van der Waals surface area (Å²) in [5.41, 5.74) is 3.07. The van der Waals surface area contributed by atoms with E-state index in [9.17, 15) is 0 Å². The molecule has 1 heterocycles. The summed E-state index contributed by atoms with van der Waals surface area (Å²) in [6.07, 6.45) is 3.78. The molecule has 1 aromatic heterocycles. The first-order valence-corrected chi connectivity index (χ1v) is 7.78. The van der Waals surface area contributed by atoms with Crippen molar-refractivity contribution in [1.29, 1.82) is 0 Å². The lowest BCUT2D eigenvalue weighted by molar-refractivity contribution is 0.0810. The van der Waals surface area contributed by atoms with E-state index in [2.05, 4.69) is 45.1 Å². The zero-order chi connectivity index (χ0) is 15.1. The minimum atomic E-state index is 0.302. The molecule has 2 rings (SSSR count). The van der Waals surface area contributed by atoms with E-state index < -0.39 is 0 Å². The topological polar surface area (TPSA) is 38.1 Å². The van der Waals surface area contributed by atoms with Crippen LogP contribution >= 0.6 is 0 Å². The molecule has 1 aliphatic carbocycles. The molecular formula is C17H30N2O. The molecular weight excluding hydrogens is 248 g/mol. The third-order valence-corrected chi connectivity index (χ3v) is 4.56. The maximum Gasteiger partial charge on any atom is 0.138 e. The Hall–Kier alpha value is -0.830. The van der Waals surface area contributed by atoms with Crippen molar-refractivity contribution in [3.63, 3.8) is 0 Å². The Balaban J connectivity index is 2.10. The predicted octanol–water partition coefficient (Wildman–Crippen LogP) is 4.55. The highest BCUT2D eigenvalue weighted by molar-refractivity contribution is 5.24. The minimum absolute atomic E-state index is 0.302. The number of hydrogen-bond donors (Lipinski definition) is 1. The zero-order valence-electron chi connectivity index (χ0n) is 14.1. The molecule has 0 bridgehead atoms. The molecule has 1 atom stereocenters. The Labute approximate surface area is 123 Å². The largest absolute Gasteiger partial charge is 0.361 e. The van der Waals surface area contributed by atoms with Crippen LogP contribution in [-0.2, 0) is 0 Å². The smallest absolute Gasteiger partial charge is 0.138 e. The van der Waals surface area contributed by atoms with Crippen molar-refractivity contribution < 1.29 is 4.52 Å². The molecule has 114 valence electrons. The van der Waals surface area contributed by atoms with Gasteiger partial charge in [-0.15, -0.1) is 0 Å². The maximum atomic E-state index is 5.30. The van der Waals surface area contributed by atoms with Crippen LogP contribution in [0.4, 0.5) is 0 Å².